The molecule has 0 unspecified atom stereocenters. The predicted molar refractivity (Wildman–Crippen MR) is 54.9 cm³/mol. The normalized spacial score (nSPS) is 10.6. The fraction of sp³-hybridized carbons (Fsp3) is 0.143. The van der Waals surface area contributed by atoms with Gasteiger partial charge in [-0.25, -0.2) is 8.78 Å². The van der Waals surface area contributed by atoms with Crippen molar-refractivity contribution in [3.05, 3.63) is 31.2 Å². The first kappa shape index (κ1) is 11.6. The number of alkyl halides is 2. The molecule has 0 radical (unpaired) electrons. The molecule has 0 aliphatic heterocycles. The lowest BCUT2D eigenvalue weighted by molar-refractivity contribution is 0.107. The van der Waals surface area contributed by atoms with Crippen molar-refractivity contribution in [1.82, 2.24) is 4.98 Å². The van der Waals surface area contributed by atoms with Crippen LogP contribution in [0, 0.1) is 3.57 Å². The number of aromatic amines is 1. The summed E-state index contributed by atoms with van der Waals surface area (Å²) in [5, 5.41) is -0.972. The van der Waals surface area contributed by atoms with E-state index in [1.54, 1.807) is 0 Å². The van der Waals surface area contributed by atoms with Crippen LogP contribution in [-0.4, -0.2) is 10.2 Å². The van der Waals surface area contributed by atoms with Crippen molar-refractivity contribution >= 4 is 39.4 Å². The van der Waals surface area contributed by atoms with Gasteiger partial charge in [-0.05, 0) is 40.3 Å². The summed E-state index contributed by atoms with van der Waals surface area (Å²) in [6.45, 7) is 0. The second-order valence-electron chi connectivity index (χ2n) is 2.36. The first-order valence-corrected chi connectivity index (χ1v) is 4.80. The Hall–Kier alpha value is -0.500. The number of pyridine rings is 1. The Kier molecular flexibility index (Phi) is 3.59. The molecule has 0 aromatic carbocycles. The summed E-state index contributed by atoms with van der Waals surface area (Å²) < 4.78 is 24.5. The molecule has 0 amide bonds. The number of rotatable bonds is 2. The lowest BCUT2D eigenvalue weighted by Crippen LogP contribution is -2.16. The standard InChI is InChI=1S/C7H3ClF2INO2/c8-5(13)3-1-2(6(9)10)4(11)7(14)12-3/h1,6H,(H,12,14). The van der Waals surface area contributed by atoms with E-state index in [9.17, 15) is 18.4 Å². The van der Waals surface area contributed by atoms with E-state index in [2.05, 4.69) is 4.98 Å². The van der Waals surface area contributed by atoms with E-state index >= 15 is 0 Å². The van der Waals surface area contributed by atoms with E-state index in [1.807, 2.05) is 0 Å². The van der Waals surface area contributed by atoms with E-state index in [4.69, 9.17) is 11.6 Å². The molecule has 76 valence electrons. The Balaban J connectivity index is 3.43. The molecule has 0 aliphatic rings. The molecule has 7 heteroatoms. The van der Waals surface area contributed by atoms with E-state index in [0.29, 0.717) is 0 Å². The quantitative estimate of drug-likeness (QED) is 0.667. The van der Waals surface area contributed by atoms with Crippen molar-refractivity contribution in [3.8, 4) is 0 Å². The van der Waals surface area contributed by atoms with Gasteiger partial charge in [-0.1, -0.05) is 0 Å². The summed E-state index contributed by atoms with van der Waals surface area (Å²) in [7, 11) is 0. The molecular weight excluding hydrogens is 330 g/mol. The number of aromatic nitrogens is 1. The number of carbonyl (C=O) groups is 1. The van der Waals surface area contributed by atoms with Crippen LogP contribution in [0.1, 0.15) is 22.5 Å². The van der Waals surface area contributed by atoms with Crippen molar-refractivity contribution in [3.63, 3.8) is 0 Å². The summed E-state index contributed by atoms with van der Waals surface area (Å²) in [5.41, 5.74) is -1.56. The zero-order chi connectivity index (χ0) is 10.9. The molecule has 14 heavy (non-hydrogen) atoms. The third kappa shape index (κ3) is 2.30. The van der Waals surface area contributed by atoms with Gasteiger partial charge in [0.15, 0.2) is 0 Å². The molecule has 1 rings (SSSR count). The van der Waals surface area contributed by atoms with Gasteiger partial charge in [0.05, 0.1) is 3.57 Å². The second-order valence-corrected chi connectivity index (χ2v) is 3.78. The molecule has 1 heterocycles. The SMILES string of the molecule is O=C(Cl)c1cc(C(F)F)c(I)c(=O)[nH]1. The van der Waals surface area contributed by atoms with Gasteiger partial charge in [0.1, 0.15) is 5.69 Å². The predicted octanol–water partition coefficient (Wildman–Crippen LogP) is 2.30. The highest BCUT2D eigenvalue weighted by molar-refractivity contribution is 14.1. The Morgan fingerprint density at radius 1 is 1.57 bits per heavy atom. The van der Waals surface area contributed by atoms with Crippen molar-refractivity contribution in [1.29, 1.82) is 0 Å². The maximum absolute atomic E-state index is 12.3. The summed E-state index contributed by atoms with van der Waals surface area (Å²) in [5.74, 6) is 0. The topological polar surface area (TPSA) is 49.9 Å². The highest BCUT2D eigenvalue weighted by Gasteiger charge is 2.17. The molecule has 0 aliphatic carbocycles. The molecule has 1 aromatic rings. The van der Waals surface area contributed by atoms with Gasteiger partial charge >= 0.3 is 0 Å². The Morgan fingerprint density at radius 2 is 2.14 bits per heavy atom. The first-order chi connectivity index (χ1) is 6.43. The van der Waals surface area contributed by atoms with E-state index in [1.165, 1.54) is 22.6 Å². The third-order valence-corrected chi connectivity index (χ3v) is 2.76. The van der Waals surface area contributed by atoms with Crippen LogP contribution >= 0.6 is 34.2 Å². The molecule has 0 atom stereocenters. The average Bonchev–Trinajstić information content (AvgIpc) is 2.08. The van der Waals surface area contributed by atoms with E-state index < -0.39 is 22.8 Å². The van der Waals surface area contributed by atoms with Gasteiger partial charge in [-0.3, -0.25) is 9.59 Å². The fourth-order valence-electron chi connectivity index (χ4n) is 0.828. The summed E-state index contributed by atoms with van der Waals surface area (Å²) >= 11 is 6.53. The van der Waals surface area contributed by atoms with Gasteiger partial charge in [0.25, 0.3) is 17.2 Å². The molecule has 3 nitrogen and oxygen atoms in total. The van der Waals surface area contributed by atoms with Gasteiger partial charge in [0.2, 0.25) is 0 Å². The average molecular weight is 333 g/mol. The zero-order valence-electron chi connectivity index (χ0n) is 6.48. The Bertz CT molecular complexity index is 432. The van der Waals surface area contributed by atoms with Crippen molar-refractivity contribution in [2.24, 2.45) is 0 Å². The van der Waals surface area contributed by atoms with Crippen LogP contribution in [0.3, 0.4) is 0 Å². The third-order valence-electron chi connectivity index (χ3n) is 1.45. The highest BCUT2D eigenvalue weighted by Crippen LogP contribution is 2.22. The monoisotopic (exact) mass is 333 g/mol. The molecule has 0 saturated heterocycles. The van der Waals surface area contributed by atoms with Crippen molar-refractivity contribution in [2.75, 3.05) is 0 Å². The molecular formula is C7H3ClF2INO2. The van der Waals surface area contributed by atoms with E-state index in [0.717, 1.165) is 6.07 Å². The lowest BCUT2D eigenvalue weighted by Gasteiger charge is -2.03. The van der Waals surface area contributed by atoms with Crippen LogP contribution in [0.2, 0.25) is 0 Å². The van der Waals surface area contributed by atoms with E-state index in [-0.39, 0.29) is 9.26 Å². The number of nitrogens with one attached hydrogen (secondary N) is 1. The van der Waals surface area contributed by atoms with Crippen LogP contribution in [0.25, 0.3) is 0 Å². The largest absolute Gasteiger partial charge is 0.317 e. The zero-order valence-corrected chi connectivity index (χ0v) is 9.40. The minimum Gasteiger partial charge on any atom is -0.317 e. The fourth-order valence-corrected chi connectivity index (χ4v) is 1.46. The minimum atomic E-state index is -2.81. The second kappa shape index (κ2) is 4.35. The number of H-pyrrole nitrogens is 1. The molecule has 1 aromatic heterocycles. The van der Waals surface area contributed by atoms with Gasteiger partial charge in [0, 0.05) is 5.56 Å². The number of hydrogen-bond donors (Lipinski definition) is 1. The number of halogens is 4. The molecule has 0 fully saturated rings. The molecule has 0 bridgehead atoms. The molecule has 0 saturated carbocycles. The molecule has 0 spiro atoms. The molecule has 1 N–H and O–H groups in total. The smallest absolute Gasteiger partial charge is 0.268 e. The van der Waals surface area contributed by atoms with Crippen LogP contribution in [0.4, 0.5) is 8.78 Å². The number of carbonyl (C=O) groups excluding carboxylic acids is 1. The summed E-state index contributed by atoms with van der Waals surface area (Å²) in [6.07, 6.45) is -2.81. The van der Waals surface area contributed by atoms with Gasteiger partial charge < -0.3 is 4.98 Å². The van der Waals surface area contributed by atoms with Crippen LogP contribution in [0.15, 0.2) is 10.9 Å². The Morgan fingerprint density at radius 3 is 2.57 bits per heavy atom. The number of hydrogen-bond acceptors (Lipinski definition) is 2. The minimum absolute atomic E-state index is 0.140. The maximum Gasteiger partial charge on any atom is 0.268 e. The van der Waals surface area contributed by atoms with Crippen molar-refractivity contribution < 1.29 is 13.6 Å². The van der Waals surface area contributed by atoms with Gasteiger partial charge in [-0.2, -0.15) is 0 Å². The lowest BCUT2D eigenvalue weighted by atomic mass is 10.2. The maximum atomic E-state index is 12.3. The first-order valence-electron chi connectivity index (χ1n) is 3.34. The summed E-state index contributed by atoms with van der Waals surface area (Å²) in [6, 6.07) is 0.878. The van der Waals surface area contributed by atoms with Crippen LogP contribution < -0.4 is 5.56 Å². The Labute approximate surface area is 95.6 Å². The van der Waals surface area contributed by atoms with Gasteiger partial charge in [-0.15, -0.1) is 0 Å². The highest BCUT2D eigenvalue weighted by atomic mass is 127. The summed E-state index contributed by atoms with van der Waals surface area (Å²) in [4.78, 5) is 23.8. The van der Waals surface area contributed by atoms with Crippen LogP contribution in [-0.2, 0) is 0 Å². The van der Waals surface area contributed by atoms with Crippen LogP contribution in [0.5, 0.6) is 0 Å². The van der Waals surface area contributed by atoms with Crippen molar-refractivity contribution in [2.45, 2.75) is 6.43 Å².